The first-order valence-corrected chi connectivity index (χ1v) is 7.60. The maximum Gasteiger partial charge on any atom is 0.266 e. The summed E-state index contributed by atoms with van der Waals surface area (Å²) in [6, 6.07) is 0. The van der Waals surface area contributed by atoms with E-state index in [2.05, 4.69) is 42.4 Å². The lowest BCUT2D eigenvalue weighted by Crippen LogP contribution is -2.33. The number of aromatic nitrogens is 2. The highest BCUT2D eigenvalue weighted by molar-refractivity contribution is 14.1. The summed E-state index contributed by atoms with van der Waals surface area (Å²) in [6.07, 6.45) is 2.54. The summed E-state index contributed by atoms with van der Waals surface area (Å²) >= 11 is 7.83. The van der Waals surface area contributed by atoms with Crippen LogP contribution in [0.5, 0.6) is 0 Å². The Bertz CT molecular complexity index is 453. The Labute approximate surface area is 125 Å². The van der Waals surface area contributed by atoms with Crippen LogP contribution in [0.4, 0.5) is 5.82 Å². The molecule has 7 heteroatoms. The molecule has 0 spiro atoms. The monoisotopic (exact) mass is 382 g/mol. The maximum absolute atomic E-state index is 11.6. The molecule has 0 aliphatic carbocycles. The molecule has 5 nitrogen and oxygen atoms in total. The molecular weight excluding hydrogens is 367 g/mol. The van der Waals surface area contributed by atoms with Gasteiger partial charge in [0.05, 0.1) is 6.33 Å². The molecule has 1 aliphatic heterocycles. The fourth-order valence-corrected chi connectivity index (χ4v) is 3.00. The van der Waals surface area contributed by atoms with Crippen LogP contribution in [-0.2, 0) is 0 Å². The van der Waals surface area contributed by atoms with Crippen molar-refractivity contribution >= 4 is 40.0 Å². The van der Waals surface area contributed by atoms with Crippen molar-refractivity contribution in [1.82, 2.24) is 14.9 Å². The lowest BCUT2D eigenvalue weighted by Gasteiger charge is -2.22. The number of aromatic amines is 1. The van der Waals surface area contributed by atoms with Gasteiger partial charge in [0.15, 0.2) is 0 Å². The second-order valence-electron chi connectivity index (χ2n) is 4.24. The summed E-state index contributed by atoms with van der Waals surface area (Å²) < 4.78 is 0.667. The van der Waals surface area contributed by atoms with Crippen molar-refractivity contribution in [1.29, 1.82) is 0 Å². The average Bonchev–Trinajstić information content (AvgIpc) is 2.59. The Kier molecular flexibility index (Phi) is 5.25. The minimum Gasteiger partial charge on any atom is -0.354 e. The standard InChI is InChI=1S/C11H16ClIN4O/c12-2-5-16-3-1-4-17(7-6-16)10-9(13)11(18)15-8-14-10/h8H,1-7H2,(H,14,15,18). The van der Waals surface area contributed by atoms with Gasteiger partial charge in [0.25, 0.3) is 5.56 Å². The highest BCUT2D eigenvalue weighted by Gasteiger charge is 2.18. The third-order valence-electron chi connectivity index (χ3n) is 3.07. The molecule has 100 valence electrons. The third-order valence-corrected chi connectivity index (χ3v) is 4.21. The Morgan fingerprint density at radius 1 is 1.39 bits per heavy atom. The summed E-state index contributed by atoms with van der Waals surface area (Å²) in [6.45, 7) is 4.78. The first-order chi connectivity index (χ1) is 8.72. The first kappa shape index (κ1) is 14.1. The molecule has 0 amide bonds. The van der Waals surface area contributed by atoms with Gasteiger partial charge >= 0.3 is 0 Å². The molecule has 2 rings (SSSR count). The number of rotatable bonds is 3. The van der Waals surface area contributed by atoms with Crippen LogP contribution in [0.3, 0.4) is 0 Å². The van der Waals surface area contributed by atoms with E-state index in [1.54, 1.807) is 0 Å². The number of hydrogen-bond acceptors (Lipinski definition) is 4. The van der Waals surface area contributed by atoms with Gasteiger partial charge in [0, 0.05) is 32.1 Å². The molecule has 0 bridgehead atoms. The van der Waals surface area contributed by atoms with Gasteiger partial charge in [-0.3, -0.25) is 4.79 Å². The lowest BCUT2D eigenvalue weighted by molar-refractivity contribution is 0.311. The molecule has 1 aromatic heterocycles. The quantitative estimate of drug-likeness (QED) is 0.629. The van der Waals surface area contributed by atoms with E-state index in [9.17, 15) is 4.79 Å². The lowest BCUT2D eigenvalue weighted by atomic mass is 10.4. The van der Waals surface area contributed by atoms with E-state index in [4.69, 9.17) is 11.6 Å². The third kappa shape index (κ3) is 3.36. The van der Waals surface area contributed by atoms with E-state index in [-0.39, 0.29) is 5.56 Å². The summed E-state index contributed by atoms with van der Waals surface area (Å²) in [4.78, 5) is 23.0. The molecule has 1 saturated heterocycles. The zero-order valence-corrected chi connectivity index (χ0v) is 12.9. The molecule has 0 unspecified atom stereocenters. The van der Waals surface area contributed by atoms with Gasteiger partial charge in [-0.25, -0.2) is 4.98 Å². The number of nitrogens with zero attached hydrogens (tertiary/aromatic N) is 3. The number of anilines is 1. The zero-order valence-electron chi connectivity index (χ0n) is 10.0. The van der Waals surface area contributed by atoms with E-state index in [0.717, 1.165) is 45.0 Å². The van der Waals surface area contributed by atoms with Crippen molar-refractivity contribution < 1.29 is 0 Å². The highest BCUT2D eigenvalue weighted by atomic mass is 127. The van der Waals surface area contributed by atoms with Crippen LogP contribution in [0.25, 0.3) is 0 Å². The van der Waals surface area contributed by atoms with Crippen LogP contribution in [0.15, 0.2) is 11.1 Å². The van der Waals surface area contributed by atoms with Crippen LogP contribution in [0, 0.1) is 3.57 Å². The highest BCUT2D eigenvalue weighted by Crippen LogP contribution is 2.17. The van der Waals surface area contributed by atoms with Gasteiger partial charge in [-0.1, -0.05) is 0 Å². The van der Waals surface area contributed by atoms with Crippen LogP contribution in [0.2, 0.25) is 0 Å². The average molecular weight is 383 g/mol. The summed E-state index contributed by atoms with van der Waals surface area (Å²) in [5.41, 5.74) is -0.0672. The molecule has 0 radical (unpaired) electrons. The first-order valence-electron chi connectivity index (χ1n) is 5.99. The maximum atomic E-state index is 11.6. The van der Waals surface area contributed by atoms with Crippen LogP contribution < -0.4 is 10.5 Å². The van der Waals surface area contributed by atoms with Gasteiger partial charge in [-0.05, 0) is 35.6 Å². The van der Waals surface area contributed by atoms with Gasteiger partial charge in [-0.15, -0.1) is 11.6 Å². The van der Waals surface area contributed by atoms with E-state index in [1.807, 2.05) is 0 Å². The van der Waals surface area contributed by atoms with Crippen LogP contribution in [0.1, 0.15) is 6.42 Å². The number of H-pyrrole nitrogens is 1. The van der Waals surface area contributed by atoms with E-state index >= 15 is 0 Å². The topological polar surface area (TPSA) is 52.2 Å². The largest absolute Gasteiger partial charge is 0.354 e. The predicted octanol–water partition coefficient (Wildman–Crippen LogP) is 1.13. The zero-order chi connectivity index (χ0) is 13.0. The van der Waals surface area contributed by atoms with E-state index < -0.39 is 0 Å². The van der Waals surface area contributed by atoms with Crippen molar-refractivity contribution in [2.75, 3.05) is 43.5 Å². The Morgan fingerprint density at radius 2 is 2.22 bits per heavy atom. The fourth-order valence-electron chi connectivity index (χ4n) is 2.12. The Balaban J connectivity index is 2.10. The van der Waals surface area contributed by atoms with Crippen molar-refractivity contribution in [3.8, 4) is 0 Å². The molecule has 1 fully saturated rings. The number of halogens is 2. The smallest absolute Gasteiger partial charge is 0.266 e. The van der Waals surface area contributed by atoms with Crippen molar-refractivity contribution in [3.05, 3.63) is 20.3 Å². The summed E-state index contributed by atoms with van der Waals surface area (Å²) in [5.74, 6) is 1.47. The minimum atomic E-state index is -0.0672. The Hall–Kier alpha value is -0.340. The SMILES string of the molecule is O=c1[nH]cnc(N2CCCN(CCCl)CC2)c1I. The molecule has 1 aromatic rings. The van der Waals surface area contributed by atoms with Crippen molar-refractivity contribution in [3.63, 3.8) is 0 Å². The molecular formula is C11H16ClIN4O. The van der Waals surface area contributed by atoms with Crippen molar-refractivity contribution in [2.24, 2.45) is 0 Å². The van der Waals surface area contributed by atoms with Gasteiger partial charge in [-0.2, -0.15) is 0 Å². The molecule has 18 heavy (non-hydrogen) atoms. The Morgan fingerprint density at radius 3 is 3.00 bits per heavy atom. The molecule has 2 heterocycles. The second kappa shape index (κ2) is 6.72. The molecule has 1 N–H and O–H groups in total. The second-order valence-corrected chi connectivity index (χ2v) is 5.70. The normalized spacial score (nSPS) is 17.8. The summed E-state index contributed by atoms with van der Waals surface area (Å²) in [5, 5.41) is 0. The minimum absolute atomic E-state index is 0.0672. The molecule has 0 atom stereocenters. The summed E-state index contributed by atoms with van der Waals surface area (Å²) in [7, 11) is 0. The number of hydrogen-bond donors (Lipinski definition) is 1. The van der Waals surface area contributed by atoms with Gasteiger partial charge < -0.3 is 14.8 Å². The van der Waals surface area contributed by atoms with Crippen molar-refractivity contribution in [2.45, 2.75) is 6.42 Å². The number of nitrogens with one attached hydrogen (secondary N) is 1. The predicted molar refractivity (Wildman–Crippen MR) is 81.6 cm³/mol. The van der Waals surface area contributed by atoms with Gasteiger partial charge in [0.1, 0.15) is 9.39 Å². The van der Waals surface area contributed by atoms with E-state index in [0.29, 0.717) is 9.45 Å². The number of alkyl halides is 1. The van der Waals surface area contributed by atoms with Gasteiger partial charge in [0.2, 0.25) is 0 Å². The molecule has 0 aromatic carbocycles. The fraction of sp³-hybridized carbons (Fsp3) is 0.636. The molecule has 0 saturated carbocycles. The molecule has 1 aliphatic rings. The van der Waals surface area contributed by atoms with Crippen LogP contribution >= 0.6 is 34.2 Å². The van der Waals surface area contributed by atoms with Crippen LogP contribution in [-0.4, -0.2) is 53.5 Å². The van der Waals surface area contributed by atoms with E-state index in [1.165, 1.54) is 6.33 Å².